The van der Waals surface area contributed by atoms with Gasteiger partial charge >= 0.3 is 0 Å². The first-order valence-corrected chi connectivity index (χ1v) is 6.77. The quantitative estimate of drug-likeness (QED) is 0.873. The van der Waals surface area contributed by atoms with Crippen LogP contribution in [0.3, 0.4) is 0 Å². The zero-order valence-electron chi connectivity index (χ0n) is 11.2. The molecule has 1 fully saturated rings. The Bertz CT molecular complexity index is 468. The molecular formula is C15H20N2O2. The fourth-order valence-corrected chi connectivity index (χ4v) is 2.62. The van der Waals surface area contributed by atoms with E-state index in [1.807, 2.05) is 0 Å². The van der Waals surface area contributed by atoms with Crippen LogP contribution in [0.2, 0.25) is 0 Å². The van der Waals surface area contributed by atoms with Crippen LogP contribution in [0.4, 0.5) is 0 Å². The number of rotatable bonds is 3. The number of amides is 2. The maximum atomic E-state index is 12.1. The second kappa shape index (κ2) is 5.87. The molecule has 1 aliphatic carbocycles. The topological polar surface area (TPSA) is 72.2 Å². The first-order chi connectivity index (χ1) is 9.06. The molecule has 1 aromatic carbocycles. The van der Waals surface area contributed by atoms with Gasteiger partial charge in [0, 0.05) is 17.2 Å². The van der Waals surface area contributed by atoms with Gasteiger partial charge in [0.25, 0.3) is 5.91 Å². The SMILES string of the molecule is CC1CCCC(NC(=O)c2ccc(C(N)=O)cc2)C1. The molecule has 0 bridgehead atoms. The van der Waals surface area contributed by atoms with Gasteiger partial charge in [0.2, 0.25) is 5.91 Å². The standard InChI is InChI=1S/C15H20N2O2/c1-10-3-2-4-13(9-10)17-15(19)12-7-5-11(6-8-12)14(16)18/h5-8,10,13H,2-4,9H2,1H3,(H2,16,18)(H,17,19). The third kappa shape index (κ3) is 3.56. The molecule has 4 nitrogen and oxygen atoms in total. The van der Waals surface area contributed by atoms with Crippen molar-refractivity contribution in [1.29, 1.82) is 0 Å². The summed E-state index contributed by atoms with van der Waals surface area (Å²) in [4.78, 5) is 23.0. The smallest absolute Gasteiger partial charge is 0.251 e. The maximum Gasteiger partial charge on any atom is 0.251 e. The highest BCUT2D eigenvalue weighted by Crippen LogP contribution is 2.23. The molecule has 19 heavy (non-hydrogen) atoms. The molecule has 1 aliphatic rings. The highest BCUT2D eigenvalue weighted by Gasteiger charge is 2.20. The van der Waals surface area contributed by atoms with Gasteiger partial charge in [-0.05, 0) is 43.0 Å². The zero-order valence-corrected chi connectivity index (χ0v) is 11.2. The average molecular weight is 260 g/mol. The summed E-state index contributed by atoms with van der Waals surface area (Å²) >= 11 is 0. The molecule has 1 saturated carbocycles. The van der Waals surface area contributed by atoms with Gasteiger partial charge in [-0.25, -0.2) is 0 Å². The molecule has 102 valence electrons. The number of benzene rings is 1. The summed E-state index contributed by atoms with van der Waals surface area (Å²) < 4.78 is 0. The summed E-state index contributed by atoms with van der Waals surface area (Å²) in [5, 5.41) is 3.06. The van der Waals surface area contributed by atoms with Crippen molar-refractivity contribution in [1.82, 2.24) is 5.32 Å². The monoisotopic (exact) mass is 260 g/mol. The summed E-state index contributed by atoms with van der Waals surface area (Å²) in [6.07, 6.45) is 4.52. The van der Waals surface area contributed by atoms with E-state index in [2.05, 4.69) is 12.2 Å². The summed E-state index contributed by atoms with van der Waals surface area (Å²) in [7, 11) is 0. The fourth-order valence-electron chi connectivity index (χ4n) is 2.62. The lowest BCUT2D eigenvalue weighted by Crippen LogP contribution is -2.37. The highest BCUT2D eigenvalue weighted by molar-refractivity contribution is 5.97. The largest absolute Gasteiger partial charge is 0.366 e. The minimum absolute atomic E-state index is 0.0740. The average Bonchev–Trinajstić information content (AvgIpc) is 2.39. The Balaban J connectivity index is 1.97. The predicted molar refractivity (Wildman–Crippen MR) is 73.8 cm³/mol. The Morgan fingerprint density at radius 2 is 1.79 bits per heavy atom. The number of hydrogen-bond donors (Lipinski definition) is 2. The van der Waals surface area contributed by atoms with Gasteiger partial charge in [0.1, 0.15) is 0 Å². The van der Waals surface area contributed by atoms with Gasteiger partial charge < -0.3 is 11.1 Å². The molecule has 2 rings (SSSR count). The maximum absolute atomic E-state index is 12.1. The van der Waals surface area contributed by atoms with E-state index in [-0.39, 0.29) is 11.9 Å². The number of nitrogens with one attached hydrogen (secondary N) is 1. The molecule has 0 saturated heterocycles. The number of carbonyl (C=O) groups is 2. The van der Waals surface area contributed by atoms with Gasteiger partial charge in [-0.15, -0.1) is 0 Å². The van der Waals surface area contributed by atoms with Crippen LogP contribution < -0.4 is 11.1 Å². The van der Waals surface area contributed by atoms with Crippen LogP contribution in [-0.4, -0.2) is 17.9 Å². The van der Waals surface area contributed by atoms with E-state index in [0.29, 0.717) is 17.0 Å². The lowest BCUT2D eigenvalue weighted by Gasteiger charge is -2.27. The lowest BCUT2D eigenvalue weighted by molar-refractivity contribution is 0.0919. The van der Waals surface area contributed by atoms with Crippen LogP contribution in [0.25, 0.3) is 0 Å². The predicted octanol–water partition coefficient (Wildman–Crippen LogP) is 2.09. The third-order valence-corrected chi connectivity index (χ3v) is 3.70. The Labute approximate surface area is 113 Å². The molecule has 0 spiro atoms. The van der Waals surface area contributed by atoms with Crippen LogP contribution >= 0.6 is 0 Å². The number of nitrogens with two attached hydrogens (primary N) is 1. The van der Waals surface area contributed by atoms with E-state index in [1.165, 1.54) is 12.8 Å². The number of carbonyl (C=O) groups excluding carboxylic acids is 2. The number of primary amides is 1. The molecule has 4 heteroatoms. The molecule has 2 unspecified atom stereocenters. The van der Waals surface area contributed by atoms with E-state index in [4.69, 9.17) is 5.73 Å². The van der Waals surface area contributed by atoms with Gasteiger partial charge in [-0.3, -0.25) is 9.59 Å². The van der Waals surface area contributed by atoms with E-state index in [1.54, 1.807) is 24.3 Å². The van der Waals surface area contributed by atoms with Crippen LogP contribution in [0, 0.1) is 5.92 Å². The highest BCUT2D eigenvalue weighted by atomic mass is 16.2. The molecular weight excluding hydrogens is 240 g/mol. The van der Waals surface area contributed by atoms with E-state index < -0.39 is 5.91 Å². The zero-order chi connectivity index (χ0) is 13.8. The summed E-state index contributed by atoms with van der Waals surface area (Å²) in [6.45, 7) is 2.22. The van der Waals surface area contributed by atoms with Crippen LogP contribution in [0.1, 0.15) is 53.3 Å². The summed E-state index contributed by atoms with van der Waals surface area (Å²) in [6, 6.07) is 6.72. The molecule has 0 radical (unpaired) electrons. The van der Waals surface area contributed by atoms with Crippen LogP contribution in [-0.2, 0) is 0 Å². The molecule has 2 amide bonds. The summed E-state index contributed by atoms with van der Waals surface area (Å²) in [5.74, 6) is 0.125. The van der Waals surface area contributed by atoms with Crippen molar-refractivity contribution < 1.29 is 9.59 Å². The second-order valence-electron chi connectivity index (χ2n) is 5.38. The summed E-state index contributed by atoms with van der Waals surface area (Å²) in [5.41, 5.74) is 6.16. The van der Waals surface area contributed by atoms with Gasteiger partial charge in [-0.1, -0.05) is 19.8 Å². The van der Waals surface area contributed by atoms with Crippen molar-refractivity contribution in [2.24, 2.45) is 11.7 Å². The second-order valence-corrected chi connectivity index (χ2v) is 5.38. The van der Waals surface area contributed by atoms with Gasteiger partial charge in [0.15, 0.2) is 0 Å². The minimum atomic E-state index is -0.479. The fraction of sp³-hybridized carbons (Fsp3) is 0.467. The number of hydrogen-bond acceptors (Lipinski definition) is 2. The first-order valence-electron chi connectivity index (χ1n) is 6.77. The van der Waals surface area contributed by atoms with Crippen molar-refractivity contribution in [3.8, 4) is 0 Å². The Hall–Kier alpha value is -1.84. The third-order valence-electron chi connectivity index (χ3n) is 3.70. The lowest BCUT2D eigenvalue weighted by atomic mass is 9.87. The molecule has 3 N–H and O–H groups in total. The van der Waals surface area contributed by atoms with Crippen molar-refractivity contribution in [2.75, 3.05) is 0 Å². The molecule has 2 atom stereocenters. The van der Waals surface area contributed by atoms with Gasteiger partial charge in [0.05, 0.1) is 0 Å². The molecule has 0 aliphatic heterocycles. The Kier molecular flexibility index (Phi) is 4.20. The Morgan fingerprint density at radius 1 is 1.16 bits per heavy atom. The molecule has 0 heterocycles. The van der Waals surface area contributed by atoms with E-state index in [0.717, 1.165) is 12.8 Å². The minimum Gasteiger partial charge on any atom is -0.366 e. The van der Waals surface area contributed by atoms with Crippen molar-refractivity contribution in [3.05, 3.63) is 35.4 Å². The van der Waals surface area contributed by atoms with Crippen molar-refractivity contribution >= 4 is 11.8 Å². The first kappa shape index (κ1) is 13.6. The van der Waals surface area contributed by atoms with E-state index in [9.17, 15) is 9.59 Å². The van der Waals surface area contributed by atoms with E-state index >= 15 is 0 Å². The van der Waals surface area contributed by atoms with Crippen LogP contribution in [0.5, 0.6) is 0 Å². The Morgan fingerprint density at radius 3 is 2.37 bits per heavy atom. The molecule has 0 aromatic heterocycles. The van der Waals surface area contributed by atoms with Crippen molar-refractivity contribution in [3.63, 3.8) is 0 Å². The van der Waals surface area contributed by atoms with Gasteiger partial charge in [-0.2, -0.15) is 0 Å². The normalized spacial score (nSPS) is 22.8. The molecule has 1 aromatic rings. The van der Waals surface area contributed by atoms with Crippen molar-refractivity contribution in [2.45, 2.75) is 38.6 Å². The van der Waals surface area contributed by atoms with Crippen LogP contribution in [0.15, 0.2) is 24.3 Å².